The van der Waals surface area contributed by atoms with E-state index in [4.69, 9.17) is 0 Å². The molecule has 0 atom stereocenters. The molecule has 0 aliphatic rings. The van der Waals surface area contributed by atoms with E-state index in [0.29, 0.717) is 28.4 Å². The summed E-state index contributed by atoms with van der Waals surface area (Å²) in [5, 5.41) is 14.6. The van der Waals surface area contributed by atoms with Crippen LogP contribution in [0.4, 0.5) is 5.69 Å². The molecule has 0 amide bonds. The number of hydrogen-bond donors (Lipinski definition) is 1. The maximum Gasteiger partial charge on any atom is 0.149 e. The SMILES string of the molecule is CCn1cnc2c(N=O)c3ccccc3c(O)c21. The van der Waals surface area contributed by atoms with E-state index in [9.17, 15) is 10.0 Å². The van der Waals surface area contributed by atoms with Crippen LogP contribution in [0.15, 0.2) is 35.8 Å². The Morgan fingerprint density at radius 3 is 2.72 bits per heavy atom. The maximum absolute atomic E-state index is 11.1. The third kappa shape index (κ3) is 1.24. The summed E-state index contributed by atoms with van der Waals surface area (Å²) in [7, 11) is 0. The van der Waals surface area contributed by atoms with Crippen molar-refractivity contribution in [3.8, 4) is 5.75 Å². The summed E-state index contributed by atoms with van der Waals surface area (Å²) in [4.78, 5) is 15.2. The minimum Gasteiger partial charge on any atom is -0.505 e. The summed E-state index contributed by atoms with van der Waals surface area (Å²) in [5.41, 5.74) is 1.29. The molecular weight excluding hydrogens is 230 g/mol. The average Bonchev–Trinajstić information content (AvgIpc) is 2.83. The highest BCUT2D eigenvalue weighted by molar-refractivity contribution is 6.12. The van der Waals surface area contributed by atoms with Gasteiger partial charge in [-0.3, -0.25) is 0 Å². The van der Waals surface area contributed by atoms with Crippen molar-refractivity contribution in [1.82, 2.24) is 9.55 Å². The number of nitroso groups, excluding NO2 is 1. The average molecular weight is 241 g/mol. The fourth-order valence-electron chi connectivity index (χ4n) is 2.29. The van der Waals surface area contributed by atoms with Gasteiger partial charge in [-0.05, 0) is 12.1 Å². The van der Waals surface area contributed by atoms with Gasteiger partial charge in [-0.15, -0.1) is 4.91 Å². The zero-order valence-corrected chi connectivity index (χ0v) is 9.79. The van der Waals surface area contributed by atoms with Gasteiger partial charge in [0.25, 0.3) is 0 Å². The first kappa shape index (κ1) is 10.7. The van der Waals surface area contributed by atoms with Crippen LogP contribution in [0.3, 0.4) is 0 Å². The Hall–Kier alpha value is -2.43. The largest absolute Gasteiger partial charge is 0.505 e. The van der Waals surface area contributed by atoms with Gasteiger partial charge in [-0.25, -0.2) is 4.98 Å². The van der Waals surface area contributed by atoms with Crippen LogP contribution in [0, 0.1) is 4.91 Å². The molecule has 0 aliphatic carbocycles. The first-order chi connectivity index (χ1) is 8.77. The Morgan fingerprint density at radius 1 is 1.33 bits per heavy atom. The lowest BCUT2D eigenvalue weighted by atomic mass is 10.1. The summed E-state index contributed by atoms with van der Waals surface area (Å²) in [6, 6.07) is 7.15. The van der Waals surface area contributed by atoms with Crippen LogP contribution < -0.4 is 0 Å². The van der Waals surface area contributed by atoms with Crippen molar-refractivity contribution in [1.29, 1.82) is 0 Å². The molecule has 3 aromatic rings. The number of nitrogens with zero attached hydrogens (tertiary/aromatic N) is 3. The number of fused-ring (bicyclic) bond motifs is 2. The van der Waals surface area contributed by atoms with E-state index in [1.54, 1.807) is 29.1 Å². The van der Waals surface area contributed by atoms with Crippen LogP contribution in [-0.4, -0.2) is 14.7 Å². The number of aryl methyl sites for hydroxylation is 1. The smallest absolute Gasteiger partial charge is 0.149 e. The van der Waals surface area contributed by atoms with Gasteiger partial charge in [0, 0.05) is 17.3 Å². The fraction of sp³-hybridized carbons (Fsp3) is 0.154. The summed E-state index contributed by atoms with van der Waals surface area (Å²) in [5.74, 6) is 0.146. The highest BCUT2D eigenvalue weighted by Gasteiger charge is 2.17. The van der Waals surface area contributed by atoms with Crippen LogP contribution in [0.2, 0.25) is 0 Å². The fourth-order valence-corrected chi connectivity index (χ4v) is 2.29. The van der Waals surface area contributed by atoms with Crippen LogP contribution >= 0.6 is 0 Å². The molecule has 1 heterocycles. The Kier molecular flexibility index (Phi) is 2.26. The van der Waals surface area contributed by atoms with Crippen molar-refractivity contribution in [3.05, 3.63) is 35.5 Å². The lowest BCUT2D eigenvalue weighted by molar-refractivity contribution is 0.484. The van der Waals surface area contributed by atoms with Gasteiger partial charge in [0.15, 0.2) is 0 Å². The van der Waals surface area contributed by atoms with Crippen molar-refractivity contribution in [2.75, 3.05) is 0 Å². The van der Waals surface area contributed by atoms with Gasteiger partial charge in [0.2, 0.25) is 0 Å². The lowest BCUT2D eigenvalue weighted by Gasteiger charge is -2.07. The number of phenols is 1. The Bertz CT molecular complexity index is 762. The van der Waals surface area contributed by atoms with Crippen LogP contribution in [0.5, 0.6) is 5.75 Å². The molecule has 18 heavy (non-hydrogen) atoms. The molecule has 5 heteroatoms. The molecule has 1 N–H and O–H groups in total. The van der Waals surface area contributed by atoms with Crippen molar-refractivity contribution in [2.24, 2.45) is 5.18 Å². The zero-order valence-electron chi connectivity index (χ0n) is 9.79. The maximum atomic E-state index is 11.1. The summed E-state index contributed by atoms with van der Waals surface area (Å²) < 4.78 is 1.80. The van der Waals surface area contributed by atoms with E-state index in [1.807, 2.05) is 13.0 Å². The molecule has 0 saturated carbocycles. The number of benzene rings is 2. The molecule has 0 radical (unpaired) electrons. The summed E-state index contributed by atoms with van der Waals surface area (Å²) in [6.07, 6.45) is 1.61. The minimum absolute atomic E-state index is 0.146. The van der Waals surface area contributed by atoms with E-state index in [-0.39, 0.29) is 11.4 Å². The number of rotatable bonds is 2. The van der Waals surface area contributed by atoms with Crippen molar-refractivity contribution in [2.45, 2.75) is 13.5 Å². The third-order valence-corrected chi connectivity index (χ3v) is 3.16. The van der Waals surface area contributed by atoms with E-state index in [2.05, 4.69) is 10.2 Å². The summed E-state index contributed by atoms with van der Waals surface area (Å²) >= 11 is 0. The van der Waals surface area contributed by atoms with Crippen LogP contribution in [0.25, 0.3) is 21.8 Å². The molecule has 2 aromatic carbocycles. The topological polar surface area (TPSA) is 67.5 Å². The normalized spacial score (nSPS) is 11.2. The third-order valence-electron chi connectivity index (χ3n) is 3.16. The van der Waals surface area contributed by atoms with Gasteiger partial charge < -0.3 is 9.67 Å². The second-order valence-electron chi connectivity index (χ2n) is 4.06. The summed E-state index contributed by atoms with van der Waals surface area (Å²) in [6.45, 7) is 2.62. The van der Waals surface area contributed by atoms with Crippen LogP contribution in [0.1, 0.15) is 6.92 Å². The van der Waals surface area contributed by atoms with E-state index >= 15 is 0 Å². The highest BCUT2D eigenvalue weighted by Crippen LogP contribution is 2.41. The van der Waals surface area contributed by atoms with Crippen molar-refractivity contribution in [3.63, 3.8) is 0 Å². The monoisotopic (exact) mass is 241 g/mol. The molecule has 90 valence electrons. The van der Waals surface area contributed by atoms with Crippen LogP contribution in [-0.2, 0) is 6.54 Å². The number of aromatic hydroxyl groups is 1. The first-order valence-corrected chi connectivity index (χ1v) is 5.69. The highest BCUT2D eigenvalue weighted by atomic mass is 16.3. The van der Waals surface area contributed by atoms with E-state index in [0.717, 1.165) is 0 Å². The standard InChI is InChI=1S/C13H11N3O2/c1-2-16-7-14-11-10(15-18)8-5-3-4-6-9(8)13(17)12(11)16/h3-7,17H,2H2,1H3. The molecular formula is C13H11N3O2. The zero-order chi connectivity index (χ0) is 12.7. The molecule has 0 spiro atoms. The molecule has 0 bridgehead atoms. The number of hydrogen-bond acceptors (Lipinski definition) is 4. The van der Waals surface area contributed by atoms with Gasteiger partial charge in [-0.1, -0.05) is 24.3 Å². The predicted molar refractivity (Wildman–Crippen MR) is 70.0 cm³/mol. The number of imidazole rings is 1. The first-order valence-electron chi connectivity index (χ1n) is 5.69. The molecule has 5 nitrogen and oxygen atoms in total. The van der Waals surface area contributed by atoms with Gasteiger partial charge in [0.1, 0.15) is 22.5 Å². The quantitative estimate of drug-likeness (QED) is 0.700. The minimum atomic E-state index is 0.146. The van der Waals surface area contributed by atoms with Gasteiger partial charge in [0.05, 0.1) is 6.33 Å². The van der Waals surface area contributed by atoms with E-state index in [1.165, 1.54) is 0 Å². The number of aromatic nitrogens is 2. The Morgan fingerprint density at radius 2 is 2.06 bits per heavy atom. The second-order valence-corrected chi connectivity index (χ2v) is 4.06. The molecule has 0 aliphatic heterocycles. The van der Waals surface area contributed by atoms with Gasteiger partial charge in [-0.2, -0.15) is 0 Å². The number of phenolic OH excluding ortho intramolecular Hbond substituents is 1. The van der Waals surface area contributed by atoms with Gasteiger partial charge >= 0.3 is 0 Å². The second kappa shape index (κ2) is 3.80. The molecule has 0 unspecified atom stereocenters. The Labute approximate surface area is 103 Å². The van der Waals surface area contributed by atoms with Crippen molar-refractivity contribution < 1.29 is 5.11 Å². The Balaban J connectivity index is 2.63. The predicted octanol–water partition coefficient (Wildman–Crippen LogP) is 3.31. The molecule has 0 fully saturated rings. The molecule has 0 saturated heterocycles. The lowest BCUT2D eigenvalue weighted by Crippen LogP contribution is -1.91. The molecule has 3 rings (SSSR count). The van der Waals surface area contributed by atoms with Crippen molar-refractivity contribution >= 4 is 27.5 Å². The molecule has 1 aromatic heterocycles. The van der Waals surface area contributed by atoms with E-state index < -0.39 is 0 Å².